The maximum Gasteiger partial charge on any atom is 0.162 e. The molecule has 0 unspecified atom stereocenters. The van der Waals surface area contributed by atoms with Crippen LogP contribution in [0.15, 0.2) is 0 Å². The maximum atomic E-state index is 11.5. The van der Waals surface area contributed by atoms with Gasteiger partial charge in [-0.25, -0.2) is 8.42 Å². The first-order valence-electron chi connectivity index (χ1n) is 4.26. The number of hydrogen-bond donors (Lipinski definition) is 0. The summed E-state index contributed by atoms with van der Waals surface area (Å²) in [6.45, 7) is 3.31. The molecule has 0 aliphatic heterocycles. The summed E-state index contributed by atoms with van der Waals surface area (Å²) in [5, 5.41) is 0. The van der Waals surface area contributed by atoms with Crippen LogP contribution in [0.3, 0.4) is 0 Å². The van der Waals surface area contributed by atoms with Crippen molar-refractivity contribution in [3.8, 4) is 0 Å². The second-order valence-corrected chi connectivity index (χ2v) is 5.76. The number of hydrogen-bond acceptors (Lipinski definition) is 3. The third kappa shape index (κ3) is 1.18. The van der Waals surface area contributed by atoms with Gasteiger partial charge >= 0.3 is 0 Å². The van der Waals surface area contributed by atoms with Gasteiger partial charge in [-0.15, -0.1) is 0 Å². The van der Waals surface area contributed by atoms with E-state index in [4.69, 9.17) is 0 Å². The van der Waals surface area contributed by atoms with E-state index in [0.717, 1.165) is 0 Å². The molecule has 70 valence electrons. The summed E-state index contributed by atoms with van der Waals surface area (Å²) in [4.78, 5) is 11.3. The molecule has 0 aromatic heterocycles. The fourth-order valence-electron chi connectivity index (χ4n) is 1.48. The van der Waals surface area contributed by atoms with Crippen LogP contribution in [0.25, 0.3) is 0 Å². The zero-order valence-electron chi connectivity index (χ0n) is 7.46. The molecule has 1 fully saturated rings. The molecule has 12 heavy (non-hydrogen) atoms. The Kier molecular flexibility index (Phi) is 2.29. The third-order valence-electron chi connectivity index (χ3n) is 2.51. The largest absolute Gasteiger partial charge is 0.298 e. The standard InChI is InChI=1S/C8H14O3S/c1-3-7(9)8(5-6-8)12(10,11)4-2/h3-6H2,1-2H3. The van der Waals surface area contributed by atoms with Crippen LogP contribution >= 0.6 is 0 Å². The van der Waals surface area contributed by atoms with E-state index in [-0.39, 0.29) is 11.5 Å². The molecule has 0 bridgehead atoms. The summed E-state index contributed by atoms with van der Waals surface area (Å²) >= 11 is 0. The Labute approximate surface area is 73.1 Å². The van der Waals surface area contributed by atoms with Crippen LogP contribution in [0.2, 0.25) is 0 Å². The number of sulfone groups is 1. The van der Waals surface area contributed by atoms with E-state index in [9.17, 15) is 13.2 Å². The Morgan fingerprint density at radius 3 is 2.08 bits per heavy atom. The molecule has 1 rings (SSSR count). The molecule has 0 N–H and O–H groups in total. The topological polar surface area (TPSA) is 51.2 Å². The van der Waals surface area contributed by atoms with E-state index in [1.807, 2.05) is 0 Å². The van der Waals surface area contributed by atoms with E-state index >= 15 is 0 Å². The molecule has 0 heterocycles. The Bertz CT molecular complexity index is 285. The summed E-state index contributed by atoms with van der Waals surface area (Å²) < 4.78 is 22.0. The molecule has 4 heteroatoms. The predicted octanol–water partition coefficient (Wildman–Crippen LogP) is 0.933. The fourth-order valence-corrected chi connectivity index (χ4v) is 3.24. The zero-order chi connectivity index (χ0) is 9.41. The van der Waals surface area contributed by atoms with Crippen molar-refractivity contribution >= 4 is 15.6 Å². The van der Waals surface area contributed by atoms with Gasteiger partial charge < -0.3 is 0 Å². The van der Waals surface area contributed by atoms with Crippen molar-refractivity contribution in [2.24, 2.45) is 0 Å². The van der Waals surface area contributed by atoms with Crippen LogP contribution in [0.5, 0.6) is 0 Å². The molecular weight excluding hydrogens is 176 g/mol. The minimum absolute atomic E-state index is 0.0821. The van der Waals surface area contributed by atoms with E-state index in [2.05, 4.69) is 0 Å². The second-order valence-electron chi connectivity index (χ2n) is 3.17. The van der Waals surface area contributed by atoms with Gasteiger partial charge in [0.2, 0.25) is 0 Å². The van der Waals surface area contributed by atoms with Gasteiger partial charge in [0.1, 0.15) is 4.75 Å². The van der Waals surface area contributed by atoms with Crippen LogP contribution in [0.4, 0.5) is 0 Å². The van der Waals surface area contributed by atoms with Crippen LogP contribution in [-0.2, 0) is 14.6 Å². The molecular formula is C8H14O3S. The normalized spacial score (nSPS) is 20.5. The number of Topliss-reactive ketones (excluding diaryl/α,β-unsaturated/α-hetero) is 1. The van der Waals surface area contributed by atoms with E-state index in [1.54, 1.807) is 13.8 Å². The average Bonchev–Trinajstić information content (AvgIpc) is 2.83. The monoisotopic (exact) mass is 190 g/mol. The van der Waals surface area contributed by atoms with Crippen LogP contribution in [0, 0.1) is 0 Å². The van der Waals surface area contributed by atoms with Crippen molar-refractivity contribution in [3.63, 3.8) is 0 Å². The number of rotatable bonds is 4. The molecule has 0 spiro atoms. The number of carbonyl (C=O) groups is 1. The van der Waals surface area contributed by atoms with Gasteiger partial charge in [0.25, 0.3) is 0 Å². The van der Waals surface area contributed by atoms with E-state index < -0.39 is 14.6 Å². The molecule has 1 saturated carbocycles. The minimum atomic E-state index is -3.15. The maximum absolute atomic E-state index is 11.5. The molecule has 0 amide bonds. The highest BCUT2D eigenvalue weighted by Gasteiger charge is 2.58. The summed E-state index contributed by atoms with van der Waals surface area (Å²) in [6, 6.07) is 0. The summed E-state index contributed by atoms with van der Waals surface area (Å²) in [5.41, 5.74) is 0. The Hall–Kier alpha value is -0.380. The van der Waals surface area contributed by atoms with Crippen molar-refractivity contribution in [2.75, 3.05) is 5.75 Å². The lowest BCUT2D eigenvalue weighted by Crippen LogP contribution is -2.33. The zero-order valence-corrected chi connectivity index (χ0v) is 8.28. The number of ketones is 1. The van der Waals surface area contributed by atoms with Crippen molar-refractivity contribution < 1.29 is 13.2 Å². The van der Waals surface area contributed by atoms with Gasteiger partial charge in [-0.1, -0.05) is 13.8 Å². The van der Waals surface area contributed by atoms with Crippen LogP contribution in [-0.4, -0.2) is 24.7 Å². The van der Waals surface area contributed by atoms with Crippen molar-refractivity contribution in [3.05, 3.63) is 0 Å². The highest BCUT2D eigenvalue weighted by atomic mass is 32.2. The van der Waals surface area contributed by atoms with E-state index in [0.29, 0.717) is 19.3 Å². The molecule has 0 atom stereocenters. The Morgan fingerprint density at radius 2 is 1.83 bits per heavy atom. The Balaban J connectivity index is 2.95. The lowest BCUT2D eigenvalue weighted by Gasteiger charge is -2.11. The molecule has 0 aromatic rings. The summed E-state index contributed by atoms with van der Waals surface area (Å²) in [7, 11) is -3.15. The van der Waals surface area contributed by atoms with Gasteiger partial charge in [0, 0.05) is 12.2 Å². The van der Waals surface area contributed by atoms with Crippen molar-refractivity contribution in [1.82, 2.24) is 0 Å². The molecule has 1 aliphatic rings. The number of carbonyl (C=O) groups excluding carboxylic acids is 1. The second kappa shape index (κ2) is 2.83. The molecule has 0 aromatic carbocycles. The first-order valence-corrected chi connectivity index (χ1v) is 5.91. The lowest BCUT2D eigenvalue weighted by molar-refractivity contribution is -0.119. The van der Waals surface area contributed by atoms with Crippen molar-refractivity contribution in [2.45, 2.75) is 37.9 Å². The van der Waals surface area contributed by atoms with Gasteiger partial charge in [-0.3, -0.25) is 4.79 Å². The molecule has 1 aliphatic carbocycles. The van der Waals surface area contributed by atoms with Gasteiger partial charge in [0.05, 0.1) is 0 Å². The van der Waals surface area contributed by atoms with Crippen LogP contribution < -0.4 is 0 Å². The highest BCUT2D eigenvalue weighted by Crippen LogP contribution is 2.45. The molecule has 3 nitrogen and oxygen atoms in total. The minimum Gasteiger partial charge on any atom is -0.298 e. The van der Waals surface area contributed by atoms with Gasteiger partial charge in [0.15, 0.2) is 15.6 Å². The van der Waals surface area contributed by atoms with E-state index in [1.165, 1.54) is 0 Å². The molecule has 0 radical (unpaired) electrons. The lowest BCUT2D eigenvalue weighted by atomic mass is 10.2. The first-order chi connectivity index (χ1) is 5.50. The molecule has 0 saturated heterocycles. The first kappa shape index (κ1) is 9.71. The predicted molar refractivity (Wildman–Crippen MR) is 46.7 cm³/mol. The SMILES string of the molecule is CCC(=O)C1(S(=O)(=O)CC)CC1. The Morgan fingerprint density at radius 1 is 1.33 bits per heavy atom. The third-order valence-corrected chi connectivity index (χ3v) is 5.10. The van der Waals surface area contributed by atoms with Crippen LogP contribution in [0.1, 0.15) is 33.1 Å². The summed E-state index contributed by atoms with van der Waals surface area (Å²) in [5.74, 6) is -0.0250. The highest BCUT2D eigenvalue weighted by molar-refractivity contribution is 7.93. The quantitative estimate of drug-likeness (QED) is 0.662. The summed E-state index contributed by atoms with van der Waals surface area (Å²) in [6.07, 6.45) is 1.41. The van der Waals surface area contributed by atoms with Crippen molar-refractivity contribution in [1.29, 1.82) is 0 Å². The smallest absolute Gasteiger partial charge is 0.162 e. The average molecular weight is 190 g/mol. The fraction of sp³-hybridized carbons (Fsp3) is 0.875. The van der Waals surface area contributed by atoms with Gasteiger partial charge in [-0.2, -0.15) is 0 Å². The van der Waals surface area contributed by atoms with Gasteiger partial charge in [-0.05, 0) is 12.8 Å².